The first-order valence-corrected chi connectivity index (χ1v) is 7.72. The highest BCUT2D eigenvalue weighted by Gasteiger charge is 2.28. The first kappa shape index (κ1) is 12.8. The van der Waals surface area contributed by atoms with Crippen LogP contribution in [0.1, 0.15) is 65.8 Å². The van der Waals surface area contributed by atoms with Gasteiger partial charge >= 0.3 is 0 Å². The number of hydrogen-bond donors (Lipinski definition) is 1. The van der Waals surface area contributed by atoms with E-state index in [1.807, 2.05) is 30.3 Å². The van der Waals surface area contributed by atoms with Crippen LogP contribution in [-0.4, -0.2) is 10.1 Å². The van der Waals surface area contributed by atoms with Gasteiger partial charge in [0.1, 0.15) is 11.1 Å². The van der Waals surface area contributed by atoms with Crippen molar-refractivity contribution in [1.29, 1.82) is 0 Å². The van der Waals surface area contributed by atoms with Crippen LogP contribution in [0.25, 0.3) is 0 Å². The van der Waals surface area contributed by atoms with Crippen LogP contribution >= 0.6 is 11.3 Å². The van der Waals surface area contributed by atoms with E-state index in [-0.39, 0.29) is 0 Å². The lowest BCUT2D eigenvalue weighted by Gasteiger charge is -2.22. The molecule has 3 unspecified atom stereocenters. The molecule has 0 spiro atoms. The first-order valence-electron chi connectivity index (χ1n) is 6.90. The topological polar surface area (TPSA) is 33.1 Å². The molecule has 0 aliphatic heterocycles. The third-order valence-corrected chi connectivity index (χ3v) is 5.35. The fourth-order valence-corrected chi connectivity index (χ4v) is 4.02. The minimum Gasteiger partial charge on any atom is -0.381 e. The Hall–Kier alpha value is -1.19. The SMILES string of the molecule is CC1CCC(C)c2sc(C(O)c3ccccc3)nc21. The minimum atomic E-state index is -0.587. The number of thiazole rings is 1. The second-order valence-corrected chi connectivity index (χ2v) is 6.56. The van der Waals surface area contributed by atoms with Crippen molar-refractivity contribution in [2.45, 2.75) is 44.6 Å². The summed E-state index contributed by atoms with van der Waals surface area (Å²) in [6.45, 7) is 4.50. The van der Waals surface area contributed by atoms with Gasteiger partial charge in [-0.25, -0.2) is 4.98 Å². The molecule has 1 aromatic carbocycles. The van der Waals surface area contributed by atoms with Crippen molar-refractivity contribution in [3.05, 3.63) is 51.5 Å². The maximum Gasteiger partial charge on any atom is 0.131 e. The molecule has 19 heavy (non-hydrogen) atoms. The van der Waals surface area contributed by atoms with Gasteiger partial charge in [-0.05, 0) is 30.2 Å². The predicted molar refractivity (Wildman–Crippen MR) is 78.7 cm³/mol. The summed E-state index contributed by atoms with van der Waals surface area (Å²) in [5.74, 6) is 1.11. The molecular weight excluding hydrogens is 254 g/mol. The van der Waals surface area contributed by atoms with Crippen LogP contribution in [0.4, 0.5) is 0 Å². The van der Waals surface area contributed by atoms with Gasteiger partial charge in [0.05, 0.1) is 5.69 Å². The molecule has 0 saturated heterocycles. The molecule has 2 nitrogen and oxygen atoms in total. The van der Waals surface area contributed by atoms with Crippen LogP contribution in [-0.2, 0) is 0 Å². The highest BCUT2D eigenvalue weighted by Crippen LogP contribution is 2.43. The predicted octanol–water partition coefficient (Wildman–Crippen LogP) is 4.23. The molecule has 100 valence electrons. The van der Waals surface area contributed by atoms with Gasteiger partial charge in [-0.15, -0.1) is 11.3 Å². The van der Waals surface area contributed by atoms with Crippen LogP contribution in [0, 0.1) is 0 Å². The van der Waals surface area contributed by atoms with E-state index < -0.39 is 6.10 Å². The molecule has 1 aliphatic rings. The molecular formula is C16H19NOS. The Bertz CT molecular complexity index is 536. The third-order valence-electron chi connectivity index (χ3n) is 3.99. The zero-order valence-corrected chi connectivity index (χ0v) is 12.2. The molecule has 0 radical (unpaired) electrons. The monoisotopic (exact) mass is 273 g/mol. The first-order chi connectivity index (χ1) is 9.16. The summed E-state index contributed by atoms with van der Waals surface area (Å²) in [5, 5.41) is 11.3. The second kappa shape index (κ2) is 5.06. The Morgan fingerprint density at radius 3 is 2.53 bits per heavy atom. The number of aliphatic hydroxyl groups excluding tert-OH is 1. The molecule has 0 bridgehead atoms. The van der Waals surface area contributed by atoms with E-state index in [1.165, 1.54) is 23.4 Å². The molecule has 1 heterocycles. The molecule has 0 amide bonds. The number of benzene rings is 1. The normalized spacial score (nSPS) is 23.9. The number of rotatable bonds is 2. The summed E-state index contributed by atoms with van der Waals surface area (Å²) < 4.78 is 0. The molecule has 2 aromatic rings. The van der Waals surface area contributed by atoms with Crippen LogP contribution < -0.4 is 0 Å². The maximum atomic E-state index is 10.5. The van der Waals surface area contributed by atoms with Crippen molar-refractivity contribution in [3.8, 4) is 0 Å². The Kier molecular flexibility index (Phi) is 3.42. The van der Waals surface area contributed by atoms with E-state index in [0.717, 1.165) is 10.6 Å². The van der Waals surface area contributed by atoms with E-state index in [1.54, 1.807) is 11.3 Å². The lowest BCUT2D eigenvalue weighted by molar-refractivity contribution is 0.219. The molecule has 0 fully saturated rings. The van der Waals surface area contributed by atoms with Crippen molar-refractivity contribution >= 4 is 11.3 Å². The molecule has 3 atom stereocenters. The Morgan fingerprint density at radius 1 is 1.16 bits per heavy atom. The largest absolute Gasteiger partial charge is 0.381 e. The third kappa shape index (κ3) is 2.33. The summed E-state index contributed by atoms with van der Waals surface area (Å²) in [7, 11) is 0. The van der Waals surface area contributed by atoms with Crippen LogP contribution in [0.2, 0.25) is 0 Å². The Labute approximate surface area is 118 Å². The molecule has 1 aromatic heterocycles. The summed E-state index contributed by atoms with van der Waals surface area (Å²) in [4.78, 5) is 6.11. The summed E-state index contributed by atoms with van der Waals surface area (Å²) in [6, 6.07) is 9.79. The van der Waals surface area contributed by atoms with Crippen LogP contribution in [0.5, 0.6) is 0 Å². The molecule has 1 N–H and O–H groups in total. The zero-order valence-electron chi connectivity index (χ0n) is 11.3. The van der Waals surface area contributed by atoms with Gasteiger partial charge in [0.15, 0.2) is 0 Å². The fourth-order valence-electron chi connectivity index (χ4n) is 2.73. The number of aliphatic hydroxyl groups is 1. The Balaban J connectivity index is 1.97. The number of nitrogens with zero attached hydrogens (tertiary/aromatic N) is 1. The van der Waals surface area contributed by atoms with Crippen molar-refractivity contribution in [3.63, 3.8) is 0 Å². The van der Waals surface area contributed by atoms with E-state index in [2.05, 4.69) is 13.8 Å². The average molecular weight is 273 g/mol. The van der Waals surface area contributed by atoms with Crippen LogP contribution in [0.3, 0.4) is 0 Å². The molecule has 3 heteroatoms. The number of hydrogen-bond acceptors (Lipinski definition) is 3. The van der Waals surface area contributed by atoms with Gasteiger partial charge in [0.2, 0.25) is 0 Å². The van der Waals surface area contributed by atoms with E-state index in [0.29, 0.717) is 11.8 Å². The highest BCUT2D eigenvalue weighted by molar-refractivity contribution is 7.12. The van der Waals surface area contributed by atoms with E-state index in [4.69, 9.17) is 4.98 Å². The zero-order chi connectivity index (χ0) is 13.4. The van der Waals surface area contributed by atoms with Crippen molar-refractivity contribution < 1.29 is 5.11 Å². The highest BCUT2D eigenvalue weighted by atomic mass is 32.1. The van der Waals surface area contributed by atoms with Gasteiger partial charge in [0.25, 0.3) is 0 Å². The molecule has 3 rings (SSSR count). The van der Waals surface area contributed by atoms with Gasteiger partial charge in [-0.3, -0.25) is 0 Å². The van der Waals surface area contributed by atoms with Gasteiger partial charge in [-0.1, -0.05) is 44.2 Å². The van der Waals surface area contributed by atoms with Gasteiger partial charge < -0.3 is 5.11 Å². The van der Waals surface area contributed by atoms with Crippen molar-refractivity contribution in [2.24, 2.45) is 0 Å². The lowest BCUT2D eigenvalue weighted by atomic mass is 9.86. The quantitative estimate of drug-likeness (QED) is 0.888. The van der Waals surface area contributed by atoms with Crippen molar-refractivity contribution in [2.75, 3.05) is 0 Å². The maximum absolute atomic E-state index is 10.5. The smallest absolute Gasteiger partial charge is 0.131 e. The summed E-state index contributed by atoms with van der Waals surface area (Å²) in [5.41, 5.74) is 2.14. The van der Waals surface area contributed by atoms with Crippen LogP contribution in [0.15, 0.2) is 30.3 Å². The van der Waals surface area contributed by atoms with Gasteiger partial charge in [-0.2, -0.15) is 0 Å². The standard InChI is InChI=1S/C16H19NOS/c1-10-8-9-11(2)15-13(10)17-16(19-15)14(18)12-6-4-3-5-7-12/h3-7,10-11,14,18H,8-9H2,1-2H3. The minimum absolute atomic E-state index is 0.527. The number of aromatic nitrogens is 1. The lowest BCUT2D eigenvalue weighted by Crippen LogP contribution is -2.08. The van der Waals surface area contributed by atoms with Gasteiger partial charge in [0, 0.05) is 4.88 Å². The van der Waals surface area contributed by atoms with E-state index >= 15 is 0 Å². The molecule has 0 saturated carbocycles. The van der Waals surface area contributed by atoms with Crippen molar-refractivity contribution in [1.82, 2.24) is 4.98 Å². The Morgan fingerprint density at radius 2 is 1.84 bits per heavy atom. The molecule has 1 aliphatic carbocycles. The summed E-state index contributed by atoms with van der Waals surface area (Å²) >= 11 is 1.69. The van der Waals surface area contributed by atoms with E-state index in [9.17, 15) is 5.11 Å². The average Bonchev–Trinajstić information content (AvgIpc) is 2.89. The number of fused-ring (bicyclic) bond motifs is 1. The fraction of sp³-hybridized carbons (Fsp3) is 0.438. The summed E-state index contributed by atoms with van der Waals surface area (Å²) in [6.07, 6.45) is 1.85. The second-order valence-electron chi connectivity index (χ2n) is 5.49.